The molecule has 28 heavy (non-hydrogen) atoms. The van der Waals surface area contributed by atoms with E-state index < -0.39 is 0 Å². The van der Waals surface area contributed by atoms with E-state index in [-0.39, 0.29) is 0 Å². The molecule has 1 heterocycles. The highest BCUT2D eigenvalue weighted by molar-refractivity contribution is 6.31. The van der Waals surface area contributed by atoms with E-state index >= 15 is 0 Å². The van der Waals surface area contributed by atoms with Crippen molar-refractivity contribution in [2.75, 3.05) is 20.7 Å². The van der Waals surface area contributed by atoms with Crippen LogP contribution < -0.4 is 15.4 Å². The molecule has 0 saturated carbocycles. The Balaban J connectivity index is 1.50. The van der Waals surface area contributed by atoms with Gasteiger partial charge in [0.2, 0.25) is 0 Å². The Morgan fingerprint density at radius 1 is 1.14 bits per heavy atom. The minimum Gasteiger partial charge on any atom is -0.497 e. The quantitative estimate of drug-likeness (QED) is 0.420. The lowest BCUT2D eigenvalue weighted by Crippen LogP contribution is -2.38. The topological polar surface area (TPSA) is 87.2 Å². The summed E-state index contributed by atoms with van der Waals surface area (Å²) in [6.07, 6.45) is 0.810. The van der Waals surface area contributed by atoms with E-state index in [4.69, 9.17) is 16.3 Å². The van der Waals surface area contributed by atoms with Crippen LogP contribution in [0, 0.1) is 0 Å². The van der Waals surface area contributed by atoms with Gasteiger partial charge in [0.25, 0.3) is 0 Å². The molecule has 0 unspecified atom stereocenters. The van der Waals surface area contributed by atoms with Gasteiger partial charge >= 0.3 is 0 Å². The molecule has 8 heteroatoms. The second-order valence-corrected chi connectivity index (χ2v) is 6.44. The van der Waals surface area contributed by atoms with Crippen LogP contribution in [0.25, 0.3) is 11.4 Å². The average molecular weight is 399 g/mol. The molecular weight excluding hydrogens is 376 g/mol. The number of guanidine groups is 1. The number of nitrogens with zero attached hydrogens (tertiary/aromatic N) is 3. The molecule has 1 aromatic heterocycles. The molecule has 0 bridgehead atoms. The highest BCUT2D eigenvalue weighted by Crippen LogP contribution is 2.19. The maximum atomic E-state index is 6.18. The molecule has 0 aliphatic heterocycles. The van der Waals surface area contributed by atoms with Gasteiger partial charge in [0.15, 0.2) is 11.8 Å². The predicted octanol–water partition coefficient (Wildman–Crippen LogP) is 3.04. The number of methoxy groups -OCH3 is 1. The molecule has 0 radical (unpaired) electrons. The molecule has 0 spiro atoms. The van der Waals surface area contributed by atoms with Crippen molar-refractivity contribution in [3.05, 3.63) is 64.9 Å². The van der Waals surface area contributed by atoms with E-state index in [1.165, 1.54) is 0 Å². The average Bonchev–Trinajstić information content (AvgIpc) is 3.21. The van der Waals surface area contributed by atoms with Crippen molar-refractivity contribution < 1.29 is 4.74 Å². The fourth-order valence-corrected chi connectivity index (χ4v) is 2.88. The summed E-state index contributed by atoms with van der Waals surface area (Å²) >= 11 is 6.18. The molecule has 3 aromatic rings. The summed E-state index contributed by atoms with van der Waals surface area (Å²) in [6.45, 7) is 1.20. The molecular formula is C20H23ClN6O. The number of hydrogen-bond donors (Lipinski definition) is 3. The summed E-state index contributed by atoms with van der Waals surface area (Å²) in [7, 11) is 3.37. The van der Waals surface area contributed by atoms with Crippen molar-refractivity contribution in [2.24, 2.45) is 4.99 Å². The van der Waals surface area contributed by atoms with Crippen molar-refractivity contribution in [1.29, 1.82) is 0 Å². The molecule has 3 rings (SSSR count). The van der Waals surface area contributed by atoms with Crippen molar-refractivity contribution in [3.8, 4) is 17.1 Å². The van der Waals surface area contributed by atoms with E-state index in [1.54, 1.807) is 14.2 Å². The van der Waals surface area contributed by atoms with Crippen LogP contribution >= 0.6 is 11.6 Å². The Morgan fingerprint density at radius 2 is 1.93 bits per heavy atom. The molecule has 7 nitrogen and oxygen atoms in total. The third-order valence-corrected chi connectivity index (χ3v) is 4.54. The van der Waals surface area contributed by atoms with Gasteiger partial charge in [-0.05, 0) is 42.3 Å². The molecule has 0 aliphatic rings. The SMILES string of the molecule is CN=C(NCCc1ccccc1Cl)NCc1nc(-c2ccc(OC)cc2)n[nH]1. The highest BCUT2D eigenvalue weighted by Gasteiger charge is 2.07. The molecule has 0 atom stereocenters. The first-order chi connectivity index (χ1) is 13.7. The lowest BCUT2D eigenvalue weighted by atomic mass is 10.1. The first-order valence-electron chi connectivity index (χ1n) is 8.93. The Kier molecular flexibility index (Phi) is 6.86. The summed E-state index contributed by atoms with van der Waals surface area (Å²) in [6, 6.07) is 15.4. The lowest BCUT2D eigenvalue weighted by molar-refractivity contribution is 0.415. The minimum absolute atomic E-state index is 0.481. The number of aliphatic imine (C=N–C) groups is 1. The van der Waals surface area contributed by atoms with Gasteiger partial charge < -0.3 is 15.4 Å². The van der Waals surface area contributed by atoms with Crippen LogP contribution in [0.1, 0.15) is 11.4 Å². The Hall–Kier alpha value is -3.06. The first-order valence-corrected chi connectivity index (χ1v) is 9.31. The van der Waals surface area contributed by atoms with E-state index in [0.717, 1.165) is 40.7 Å². The van der Waals surface area contributed by atoms with Crippen molar-refractivity contribution in [3.63, 3.8) is 0 Å². The second kappa shape index (κ2) is 9.75. The summed E-state index contributed by atoms with van der Waals surface area (Å²) in [5, 5.41) is 14.5. The third-order valence-electron chi connectivity index (χ3n) is 4.17. The fraction of sp³-hybridized carbons (Fsp3) is 0.250. The molecule has 3 N–H and O–H groups in total. The van der Waals surface area contributed by atoms with Gasteiger partial charge in [0.05, 0.1) is 13.7 Å². The Morgan fingerprint density at radius 3 is 2.64 bits per heavy atom. The molecule has 0 fully saturated rings. The highest BCUT2D eigenvalue weighted by atomic mass is 35.5. The first kappa shape index (κ1) is 19.7. The predicted molar refractivity (Wildman–Crippen MR) is 112 cm³/mol. The zero-order valence-corrected chi connectivity index (χ0v) is 16.6. The normalized spacial score (nSPS) is 11.3. The minimum atomic E-state index is 0.481. The number of hydrogen-bond acceptors (Lipinski definition) is 4. The van der Waals surface area contributed by atoms with Gasteiger partial charge in [-0.3, -0.25) is 10.1 Å². The molecule has 0 saturated heterocycles. The number of H-pyrrole nitrogens is 1. The largest absolute Gasteiger partial charge is 0.497 e. The lowest BCUT2D eigenvalue weighted by Gasteiger charge is -2.11. The van der Waals surface area contributed by atoms with Crippen LogP contribution in [0.15, 0.2) is 53.5 Å². The number of nitrogens with one attached hydrogen (secondary N) is 3. The van der Waals surface area contributed by atoms with Crippen LogP contribution in [0.4, 0.5) is 0 Å². The Bertz CT molecular complexity index is 922. The smallest absolute Gasteiger partial charge is 0.191 e. The van der Waals surface area contributed by atoms with Crippen LogP contribution in [-0.4, -0.2) is 41.8 Å². The van der Waals surface area contributed by atoms with E-state index in [0.29, 0.717) is 18.3 Å². The number of ether oxygens (including phenoxy) is 1. The summed E-state index contributed by atoms with van der Waals surface area (Å²) in [5.74, 6) is 2.85. The standard InChI is InChI=1S/C20H23ClN6O/c1-22-20(23-12-11-14-5-3-4-6-17(14)21)24-13-18-25-19(27-26-18)15-7-9-16(28-2)10-8-15/h3-10H,11-13H2,1-2H3,(H2,22,23,24)(H,25,26,27). The van der Waals surface area contributed by atoms with Crippen LogP contribution in [0.3, 0.4) is 0 Å². The zero-order chi connectivity index (χ0) is 19.8. The van der Waals surface area contributed by atoms with Gasteiger partial charge in [-0.25, -0.2) is 4.98 Å². The van der Waals surface area contributed by atoms with Gasteiger partial charge in [0.1, 0.15) is 11.6 Å². The molecule has 2 aromatic carbocycles. The van der Waals surface area contributed by atoms with Gasteiger partial charge in [-0.2, -0.15) is 5.10 Å². The number of rotatable bonds is 7. The summed E-state index contributed by atoms with van der Waals surface area (Å²) < 4.78 is 5.17. The molecule has 0 amide bonds. The second-order valence-electron chi connectivity index (χ2n) is 6.03. The zero-order valence-electron chi connectivity index (χ0n) is 15.9. The number of halogens is 1. The number of aromatic amines is 1. The Labute approximate surface area is 169 Å². The molecule has 0 aliphatic carbocycles. The van der Waals surface area contributed by atoms with Crippen LogP contribution in [0.2, 0.25) is 5.02 Å². The van der Waals surface area contributed by atoms with E-state index in [1.807, 2.05) is 48.5 Å². The van der Waals surface area contributed by atoms with E-state index in [9.17, 15) is 0 Å². The van der Waals surface area contributed by atoms with Crippen LogP contribution in [-0.2, 0) is 13.0 Å². The maximum Gasteiger partial charge on any atom is 0.191 e. The molecule has 146 valence electrons. The van der Waals surface area contributed by atoms with E-state index in [2.05, 4.69) is 30.8 Å². The van der Waals surface area contributed by atoms with Crippen molar-refractivity contribution in [2.45, 2.75) is 13.0 Å². The summed E-state index contributed by atoms with van der Waals surface area (Å²) in [5.41, 5.74) is 2.03. The van der Waals surface area contributed by atoms with Crippen LogP contribution in [0.5, 0.6) is 5.75 Å². The van der Waals surface area contributed by atoms with Crippen molar-refractivity contribution >= 4 is 17.6 Å². The summed E-state index contributed by atoms with van der Waals surface area (Å²) in [4.78, 5) is 8.74. The monoisotopic (exact) mass is 398 g/mol. The van der Waals surface area contributed by atoms with Gasteiger partial charge in [-0.1, -0.05) is 29.8 Å². The van der Waals surface area contributed by atoms with Gasteiger partial charge in [0, 0.05) is 24.2 Å². The van der Waals surface area contributed by atoms with Gasteiger partial charge in [-0.15, -0.1) is 0 Å². The number of benzene rings is 2. The third kappa shape index (κ3) is 5.23. The fourth-order valence-electron chi connectivity index (χ4n) is 2.65. The number of aromatic nitrogens is 3. The maximum absolute atomic E-state index is 6.18. The van der Waals surface area contributed by atoms with Crippen molar-refractivity contribution in [1.82, 2.24) is 25.8 Å².